The minimum absolute atomic E-state index is 1.10. The summed E-state index contributed by atoms with van der Waals surface area (Å²) in [7, 11) is 0. The van der Waals surface area contributed by atoms with Gasteiger partial charge in [0.25, 0.3) is 0 Å². The average molecular weight is 679 g/mol. The van der Waals surface area contributed by atoms with Crippen LogP contribution < -0.4 is 0 Å². The van der Waals surface area contributed by atoms with E-state index in [9.17, 15) is 0 Å². The molecule has 0 N–H and O–H groups in total. The summed E-state index contributed by atoms with van der Waals surface area (Å²) in [6.07, 6.45) is 3.62. The molecule has 0 unspecified atom stereocenters. The number of hydrogen-bond acceptors (Lipinski definition) is 2. The van der Waals surface area contributed by atoms with Crippen molar-refractivity contribution in [2.75, 3.05) is 0 Å². The monoisotopic (exact) mass is 678 g/mol. The molecule has 0 amide bonds. The van der Waals surface area contributed by atoms with E-state index in [1.54, 1.807) is 6.26 Å². The van der Waals surface area contributed by atoms with E-state index in [2.05, 4.69) is 170 Å². The van der Waals surface area contributed by atoms with E-state index in [0.29, 0.717) is 0 Å². The lowest BCUT2D eigenvalue weighted by molar-refractivity contribution is 0.568. The van der Waals surface area contributed by atoms with E-state index < -0.39 is 0 Å². The first-order valence-corrected chi connectivity index (χ1v) is 18.6. The van der Waals surface area contributed by atoms with Crippen molar-refractivity contribution in [1.29, 1.82) is 0 Å². The quantitative estimate of drug-likeness (QED) is 0.169. The third-order valence-electron chi connectivity index (χ3n) is 10.8. The molecule has 11 rings (SSSR count). The van der Waals surface area contributed by atoms with E-state index in [4.69, 9.17) is 4.42 Å². The van der Waals surface area contributed by atoms with Gasteiger partial charge in [0, 0.05) is 31.3 Å². The van der Waals surface area contributed by atoms with Gasteiger partial charge in [0.15, 0.2) is 0 Å². The largest absolute Gasteiger partial charge is 0.472 e. The Labute approximate surface area is 304 Å². The third kappa shape index (κ3) is 4.35. The van der Waals surface area contributed by atoms with Gasteiger partial charge < -0.3 is 4.42 Å². The van der Waals surface area contributed by atoms with Gasteiger partial charge in [0.2, 0.25) is 0 Å². The van der Waals surface area contributed by atoms with E-state index in [-0.39, 0.29) is 0 Å². The number of thiophene rings is 1. The molecule has 0 spiro atoms. The molecule has 2 heterocycles. The first-order chi connectivity index (χ1) is 25.8. The third-order valence-corrected chi connectivity index (χ3v) is 11.9. The van der Waals surface area contributed by atoms with Crippen LogP contribution in [0.3, 0.4) is 0 Å². The van der Waals surface area contributed by atoms with Gasteiger partial charge in [-0.1, -0.05) is 146 Å². The summed E-state index contributed by atoms with van der Waals surface area (Å²) >= 11 is 1.88. The molecule has 11 aromatic rings. The second-order valence-electron chi connectivity index (χ2n) is 13.6. The second kappa shape index (κ2) is 11.5. The van der Waals surface area contributed by atoms with Crippen LogP contribution in [-0.4, -0.2) is 0 Å². The van der Waals surface area contributed by atoms with Gasteiger partial charge in [-0.2, -0.15) is 0 Å². The van der Waals surface area contributed by atoms with Crippen LogP contribution in [0.4, 0.5) is 0 Å². The molecule has 2 heteroatoms. The van der Waals surface area contributed by atoms with Gasteiger partial charge in [-0.05, 0) is 101 Å². The molecule has 0 bridgehead atoms. The first-order valence-electron chi connectivity index (χ1n) is 17.7. The molecule has 0 saturated heterocycles. The normalized spacial score (nSPS) is 11.8. The van der Waals surface area contributed by atoms with Crippen molar-refractivity contribution in [3.8, 4) is 44.5 Å². The molecule has 0 aliphatic heterocycles. The van der Waals surface area contributed by atoms with Crippen molar-refractivity contribution in [1.82, 2.24) is 0 Å². The Bertz CT molecular complexity index is 3050. The maximum absolute atomic E-state index is 5.56. The molecule has 0 aliphatic rings. The lowest BCUT2D eigenvalue weighted by atomic mass is 9.85. The molecule has 9 aromatic carbocycles. The fraction of sp³-hybridized carbons (Fsp3) is 0. The summed E-state index contributed by atoms with van der Waals surface area (Å²) in [5, 5.41) is 12.7. The highest BCUT2D eigenvalue weighted by molar-refractivity contribution is 7.25. The van der Waals surface area contributed by atoms with Crippen LogP contribution in [0.15, 0.2) is 187 Å². The van der Waals surface area contributed by atoms with Crippen LogP contribution in [0.2, 0.25) is 0 Å². The Kier molecular flexibility index (Phi) is 6.49. The van der Waals surface area contributed by atoms with Gasteiger partial charge in [0.05, 0.1) is 12.5 Å². The molecule has 52 heavy (non-hydrogen) atoms. The molecule has 2 aromatic heterocycles. The smallest absolute Gasteiger partial charge is 0.0981 e. The summed E-state index contributed by atoms with van der Waals surface area (Å²) in [4.78, 5) is 0. The standard InChI is InChI=1S/C50H30OS/c1-2-12-31(13-3-1)47-36-14-4-6-16-38(36)48(39-17-7-5-15-37(39)47)32-23-25-45-44(28-32)35-24-22-33(29-46(35)52-45)49-40-18-8-10-20-42(40)50(34-26-27-51-30-34)43-21-11-9-19-41(43)49/h1-30H. The molecule has 0 fully saturated rings. The van der Waals surface area contributed by atoms with Crippen LogP contribution in [-0.2, 0) is 0 Å². The Hall–Kier alpha value is -6.48. The predicted octanol–water partition coefficient (Wildman–Crippen LogP) is 14.9. The molecule has 0 saturated carbocycles. The Morgan fingerprint density at radius 2 is 0.731 bits per heavy atom. The van der Waals surface area contributed by atoms with Crippen LogP contribution in [0.5, 0.6) is 0 Å². The molecule has 0 atom stereocenters. The second-order valence-corrected chi connectivity index (χ2v) is 14.7. The Morgan fingerprint density at radius 1 is 0.288 bits per heavy atom. The van der Waals surface area contributed by atoms with Crippen molar-refractivity contribution < 1.29 is 4.42 Å². The van der Waals surface area contributed by atoms with Crippen LogP contribution in [0.1, 0.15) is 0 Å². The van der Waals surface area contributed by atoms with E-state index >= 15 is 0 Å². The van der Waals surface area contributed by atoms with Gasteiger partial charge in [-0.25, -0.2) is 0 Å². The summed E-state index contributed by atoms with van der Waals surface area (Å²) in [5.41, 5.74) is 9.90. The van der Waals surface area contributed by atoms with E-state index in [0.717, 1.165) is 5.56 Å². The first kappa shape index (κ1) is 29.3. The molecular weight excluding hydrogens is 649 g/mol. The number of hydrogen-bond donors (Lipinski definition) is 0. The zero-order chi connectivity index (χ0) is 34.2. The van der Waals surface area contributed by atoms with Crippen molar-refractivity contribution in [3.05, 3.63) is 182 Å². The van der Waals surface area contributed by atoms with E-state index in [1.165, 1.54) is 102 Å². The minimum Gasteiger partial charge on any atom is -0.472 e. The van der Waals surface area contributed by atoms with Gasteiger partial charge in [0.1, 0.15) is 0 Å². The maximum Gasteiger partial charge on any atom is 0.0981 e. The summed E-state index contributed by atoms with van der Waals surface area (Å²) in [6.45, 7) is 0. The minimum atomic E-state index is 1.10. The average Bonchev–Trinajstić information content (AvgIpc) is 3.87. The lowest BCUT2D eigenvalue weighted by Gasteiger charge is -2.17. The fourth-order valence-electron chi connectivity index (χ4n) is 8.60. The summed E-state index contributed by atoms with van der Waals surface area (Å²) < 4.78 is 8.16. The van der Waals surface area contributed by atoms with Gasteiger partial charge >= 0.3 is 0 Å². The van der Waals surface area contributed by atoms with Crippen LogP contribution in [0.25, 0.3) is 108 Å². The van der Waals surface area contributed by atoms with Crippen LogP contribution in [0, 0.1) is 0 Å². The molecule has 242 valence electrons. The Morgan fingerprint density at radius 3 is 1.23 bits per heavy atom. The number of benzene rings is 9. The highest BCUT2D eigenvalue weighted by Crippen LogP contribution is 2.47. The van der Waals surface area contributed by atoms with Crippen molar-refractivity contribution >= 4 is 74.6 Å². The highest BCUT2D eigenvalue weighted by Gasteiger charge is 2.20. The summed E-state index contributed by atoms with van der Waals surface area (Å²) in [6, 6.07) is 62.4. The molecule has 0 radical (unpaired) electrons. The van der Waals surface area contributed by atoms with Gasteiger partial charge in [-0.15, -0.1) is 11.3 Å². The maximum atomic E-state index is 5.56. The highest BCUT2D eigenvalue weighted by atomic mass is 32.1. The van der Waals surface area contributed by atoms with Crippen molar-refractivity contribution in [2.45, 2.75) is 0 Å². The molecule has 1 nitrogen and oxygen atoms in total. The Balaban J connectivity index is 1.13. The van der Waals surface area contributed by atoms with Crippen molar-refractivity contribution in [2.24, 2.45) is 0 Å². The molecule has 0 aliphatic carbocycles. The summed E-state index contributed by atoms with van der Waals surface area (Å²) in [5.74, 6) is 0. The fourth-order valence-corrected chi connectivity index (χ4v) is 9.73. The van der Waals surface area contributed by atoms with Crippen LogP contribution >= 0.6 is 11.3 Å². The van der Waals surface area contributed by atoms with Gasteiger partial charge in [-0.3, -0.25) is 0 Å². The van der Waals surface area contributed by atoms with E-state index in [1.807, 2.05) is 17.6 Å². The van der Waals surface area contributed by atoms with Crippen molar-refractivity contribution in [3.63, 3.8) is 0 Å². The zero-order valence-corrected chi connectivity index (χ0v) is 29.0. The number of rotatable bonds is 4. The predicted molar refractivity (Wildman–Crippen MR) is 223 cm³/mol. The number of furan rings is 1. The number of fused-ring (bicyclic) bond motifs is 7. The SMILES string of the molecule is c1ccc(-c2c3ccccc3c(-c3ccc4sc5cc(-c6c7ccccc7c(-c7ccoc7)c7ccccc67)ccc5c4c3)c3ccccc23)cc1. The topological polar surface area (TPSA) is 13.1 Å². The molecular formula is C50H30OS. The lowest BCUT2D eigenvalue weighted by Crippen LogP contribution is -1.90. The zero-order valence-electron chi connectivity index (χ0n) is 28.1.